The van der Waals surface area contributed by atoms with Crippen LogP contribution in [0.4, 0.5) is 4.79 Å². The summed E-state index contributed by atoms with van der Waals surface area (Å²) in [7, 11) is 0. The lowest BCUT2D eigenvalue weighted by Crippen LogP contribution is -2.50. The Kier molecular flexibility index (Phi) is 5.71. The molecule has 1 aliphatic rings. The number of rotatable bonds is 4. The highest BCUT2D eigenvalue weighted by Gasteiger charge is 2.25. The molecule has 0 saturated carbocycles. The maximum Gasteiger partial charge on any atom is 0.321 e. The third-order valence-corrected chi connectivity index (χ3v) is 3.75. The highest BCUT2D eigenvalue weighted by molar-refractivity contribution is 5.95. The Balaban J connectivity index is 1.72. The summed E-state index contributed by atoms with van der Waals surface area (Å²) in [4.78, 5) is 29.7. The standard InChI is InChI=1S/C17H26N4O2/c1-17(2,3)20-16(23)19-15(22)12-21-9-6-14(11-21)10-13-4-7-18-8-5-13/h4-5,7-8,14H,6,9-12H2,1-3H3,(H2,19,20,22,23). The summed E-state index contributed by atoms with van der Waals surface area (Å²) in [6, 6.07) is 3.63. The van der Waals surface area contributed by atoms with Crippen molar-refractivity contribution in [3.8, 4) is 0 Å². The van der Waals surface area contributed by atoms with E-state index in [0.29, 0.717) is 5.92 Å². The van der Waals surface area contributed by atoms with Crippen molar-refractivity contribution in [3.63, 3.8) is 0 Å². The molecular weight excluding hydrogens is 292 g/mol. The molecule has 3 amide bonds. The first kappa shape index (κ1) is 17.4. The number of nitrogens with zero attached hydrogens (tertiary/aromatic N) is 2. The van der Waals surface area contributed by atoms with Gasteiger partial charge >= 0.3 is 6.03 Å². The number of hydrogen-bond donors (Lipinski definition) is 2. The molecule has 126 valence electrons. The van der Waals surface area contributed by atoms with E-state index in [9.17, 15) is 9.59 Å². The summed E-state index contributed by atoms with van der Waals surface area (Å²) < 4.78 is 0. The Bertz CT molecular complexity index is 539. The quantitative estimate of drug-likeness (QED) is 0.884. The van der Waals surface area contributed by atoms with E-state index in [2.05, 4.69) is 20.5 Å². The van der Waals surface area contributed by atoms with E-state index in [4.69, 9.17) is 0 Å². The second kappa shape index (κ2) is 7.55. The third kappa shape index (κ3) is 6.36. The maximum absolute atomic E-state index is 11.9. The van der Waals surface area contributed by atoms with Gasteiger partial charge in [0.2, 0.25) is 5.91 Å². The number of likely N-dealkylation sites (tertiary alicyclic amines) is 1. The van der Waals surface area contributed by atoms with Gasteiger partial charge in [-0.3, -0.25) is 20.0 Å². The topological polar surface area (TPSA) is 74.3 Å². The molecule has 0 aromatic carbocycles. The number of carbonyl (C=O) groups excluding carboxylic acids is 2. The van der Waals surface area contributed by atoms with Gasteiger partial charge in [-0.1, -0.05) is 0 Å². The number of imide groups is 1. The van der Waals surface area contributed by atoms with Crippen LogP contribution in [0.15, 0.2) is 24.5 Å². The van der Waals surface area contributed by atoms with E-state index in [1.54, 1.807) is 0 Å². The number of aromatic nitrogens is 1. The van der Waals surface area contributed by atoms with E-state index in [1.807, 2.05) is 45.3 Å². The molecule has 1 aromatic rings. The fourth-order valence-corrected chi connectivity index (χ4v) is 2.82. The minimum Gasteiger partial charge on any atom is -0.333 e. The van der Waals surface area contributed by atoms with Crippen LogP contribution < -0.4 is 10.6 Å². The normalized spacial score (nSPS) is 18.7. The molecule has 1 unspecified atom stereocenters. The zero-order chi connectivity index (χ0) is 16.9. The van der Waals surface area contributed by atoms with Crippen LogP contribution in [0.1, 0.15) is 32.8 Å². The Morgan fingerprint density at radius 1 is 1.30 bits per heavy atom. The van der Waals surface area contributed by atoms with Crippen molar-refractivity contribution in [2.75, 3.05) is 19.6 Å². The summed E-state index contributed by atoms with van der Waals surface area (Å²) in [5.74, 6) is 0.296. The first-order valence-electron chi connectivity index (χ1n) is 8.05. The average Bonchev–Trinajstić information content (AvgIpc) is 2.84. The smallest absolute Gasteiger partial charge is 0.321 e. The zero-order valence-corrected chi connectivity index (χ0v) is 14.1. The maximum atomic E-state index is 11.9. The van der Waals surface area contributed by atoms with E-state index >= 15 is 0 Å². The van der Waals surface area contributed by atoms with Crippen LogP contribution in [0, 0.1) is 5.92 Å². The van der Waals surface area contributed by atoms with Gasteiger partial charge in [-0.05, 0) is 63.8 Å². The van der Waals surface area contributed by atoms with Gasteiger partial charge in [0.25, 0.3) is 0 Å². The van der Waals surface area contributed by atoms with Crippen LogP contribution in [-0.2, 0) is 11.2 Å². The van der Waals surface area contributed by atoms with Gasteiger partial charge in [-0.25, -0.2) is 4.79 Å². The summed E-state index contributed by atoms with van der Waals surface area (Å²) in [6.45, 7) is 7.68. The summed E-state index contributed by atoms with van der Waals surface area (Å²) in [5, 5.41) is 5.11. The second-order valence-corrected chi connectivity index (χ2v) is 7.20. The SMILES string of the molecule is CC(C)(C)NC(=O)NC(=O)CN1CCC(Cc2ccncc2)C1. The van der Waals surface area contributed by atoms with Crippen molar-refractivity contribution in [2.24, 2.45) is 5.92 Å². The van der Waals surface area contributed by atoms with Crippen molar-refractivity contribution in [1.82, 2.24) is 20.5 Å². The molecule has 6 nitrogen and oxygen atoms in total. The van der Waals surface area contributed by atoms with Gasteiger partial charge in [0.1, 0.15) is 0 Å². The Labute approximate surface area is 137 Å². The Morgan fingerprint density at radius 2 is 2.00 bits per heavy atom. The van der Waals surface area contributed by atoms with Crippen LogP contribution >= 0.6 is 0 Å². The molecular formula is C17H26N4O2. The number of carbonyl (C=O) groups is 2. The Morgan fingerprint density at radius 3 is 2.65 bits per heavy atom. The van der Waals surface area contributed by atoms with Crippen LogP contribution in [0.2, 0.25) is 0 Å². The predicted octanol–water partition coefficient (Wildman–Crippen LogP) is 1.57. The molecule has 1 aromatic heterocycles. The second-order valence-electron chi connectivity index (χ2n) is 7.20. The molecule has 1 atom stereocenters. The van der Waals surface area contributed by atoms with Crippen LogP contribution in [0.5, 0.6) is 0 Å². The van der Waals surface area contributed by atoms with E-state index < -0.39 is 6.03 Å². The fraction of sp³-hybridized carbons (Fsp3) is 0.588. The molecule has 0 bridgehead atoms. The molecule has 0 aliphatic carbocycles. The number of pyridine rings is 1. The minimum atomic E-state index is -0.435. The fourth-order valence-electron chi connectivity index (χ4n) is 2.82. The van der Waals surface area contributed by atoms with Gasteiger partial charge in [-0.2, -0.15) is 0 Å². The zero-order valence-electron chi connectivity index (χ0n) is 14.1. The van der Waals surface area contributed by atoms with E-state index in [0.717, 1.165) is 25.9 Å². The van der Waals surface area contributed by atoms with Crippen molar-refractivity contribution in [3.05, 3.63) is 30.1 Å². The van der Waals surface area contributed by atoms with Gasteiger partial charge in [0.15, 0.2) is 0 Å². The largest absolute Gasteiger partial charge is 0.333 e. The van der Waals surface area contributed by atoms with E-state index in [-0.39, 0.29) is 18.0 Å². The molecule has 0 radical (unpaired) electrons. The molecule has 1 fully saturated rings. The molecule has 23 heavy (non-hydrogen) atoms. The summed E-state index contributed by atoms with van der Waals surface area (Å²) >= 11 is 0. The monoisotopic (exact) mass is 318 g/mol. The van der Waals surface area contributed by atoms with Crippen LogP contribution in [0.3, 0.4) is 0 Å². The molecule has 2 N–H and O–H groups in total. The van der Waals surface area contributed by atoms with Crippen LogP contribution in [0.25, 0.3) is 0 Å². The molecule has 6 heteroatoms. The lowest BCUT2D eigenvalue weighted by molar-refractivity contribution is -0.120. The van der Waals surface area contributed by atoms with Crippen LogP contribution in [-0.4, -0.2) is 47.0 Å². The lowest BCUT2D eigenvalue weighted by Gasteiger charge is -2.21. The van der Waals surface area contributed by atoms with Crippen molar-refractivity contribution >= 4 is 11.9 Å². The van der Waals surface area contributed by atoms with Crippen molar-refractivity contribution < 1.29 is 9.59 Å². The number of amides is 3. The van der Waals surface area contributed by atoms with Crippen molar-refractivity contribution in [1.29, 1.82) is 0 Å². The first-order valence-corrected chi connectivity index (χ1v) is 8.05. The average molecular weight is 318 g/mol. The molecule has 1 aliphatic heterocycles. The van der Waals surface area contributed by atoms with Gasteiger partial charge in [0.05, 0.1) is 6.54 Å². The third-order valence-electron chi connectivity index (χ3n) is 3.75. The number of urea groups is 1. The van der Waals surface area contributed by atoms with Gasteiger partial charge in [0, 0.05) is 24.5 Å². The minimum absolute atomic E-state index is 0.253. The predicted molar refractivity (Wildman–Crippen MR) is 88.9 cm³/mol. The molecule has 2 heterocycles. The first-order chi connectivity index (χ1) is 10.8. The highest BCUT2D eigenvalue weighted by atomic mass is 16.2. The molecule has 1 saturated heterocycles. The molecule has 0 spiro atoms. The number of hydrogen-bond acceptors (Lipinski definition) is 4. The Hall–Kier alpha value is -1.95. The van der Waals surface area contributed by atoms with E-state index in [1.165, 1.54) is 5.56 Å². The number of nitrogens with one attached hydrogen (secondary N) is 2. The lowest BCUT2D eigenvalue weighted by atomic mass is 10.00. The summed E-state index contributed by atoms with van der Waals surface area (Å²) in [6.07, 6.45) is 5.70. The van der Waals surface area contributed by atoms with Gasteiger partial charge < -0.3 is 5.32 Å². The van der Waals surface area contributed by atoms with Gasteiger partial charge in [-0.15, -0.1) is 0 Å². The molecule has 2 rings (SSSR count). The summed E-state index contributed by atoms with van der Waals surface area (Å²) in [5.41, 5.74) is 0.925. The van der Waals surface area contributed by atoms with Crippen molar-refractivity contribution in [2.45, 2.75) is 39.2 Å². The highest BCUT2D eigenvalue weighted by Crippen LogP contribution is 2.20.